The summed E-state index contributed by atoms with van der Waals surface area (Å²) in [6, 6.07) is 4.64. The lowest BCUT2D eigenvalue weighted by Crippen LogP contribution is -2.28. The van der Waals surface area contributed by atoms with Crippen molar-refractivity contribution < 1.29 is 18.4 Å². The van der Waals surface area contributed by atoms with Crippen molar-refractivity contribution in [2.45, 2.75) is 13.3 Å². The highest BCUT2D eigenvalue weighted by atomic mass is 19.1. The van der Waals surface area contributed by atoms with Gasteiger partial charge in [0.25, 0.3) is 5.91 Å². The van der Waals surface area contributed by atoms with E-state index < -0.39 is 23.0 Å². The zero-order chi connectivity index (χ0) is 20.6. The third-order valence-corrected chi connectivity index (χ3v) is 4.73. The summed E-state index contributed by atoms with van der Waals surface area (Å²) in [4.78, 5) is 29.2. The van der Waals surface area contributed by atoms with Gasteiger partial charge in [0.15, 0.2) is 5.69 Å². The molecule has 1 atom stereocenters. The van der Waals surface area contributed by atoms with Crippen LogP contribution in [0, 0.1) is 28.9 Å². The average molecular weight is 384 g/mol. The Morgan fingerprint density at radius 3 is 2.61 bits per heavy atom. The van der Waals surface area contributed by atoms with E-state index in [1.807, 2.05) is 0 Å². The van der Waals surface area contributed by atoms with Gasteiger partial charge >= 0.3 is 0 Å². The molecular formula is C20H18F2N4O2. The average Bonchev–Trinajstić information content (AvgIpc) is 2.89. The van der Waals surface area contributed by atoms with Crippen molar-refractivity contribution in [2.75, 3.05) is 19.3 Å². The van der Waals surface area contributed by atoms with E-state index in [9.17, 15) is 18.4 Å². The van der Waals surface area contributed by atoms with Gasteiger partial charge < -0.3 is 16.4 Å². The van der Waals surface area contributed by atoms with Crippen molar-refractivity contribution in [1.82, 2.24) is 9.88 Å². The molecule has 0 spiro atoms. The smallest absolute Gasteiger partial charge is 0.269 e. The lowest BCUT2D eigenvalue weighted by Gasteiger charge is -2.14. The molecular weight excluding hydrogens is 366 g/mol. The molecule has 144 valence electrons. The summed E-state index contributed by atoms with van der Waals surface area (Å²) < 4.78 is 28.6. The van der Waals surface area contributed by atoms with Crippen LogP contribution >= 0.6 is 0 Å². The van der Waals surface area contributed by atoms with E-state index >= 15 is 0 Å². The van der Waals surface area contributed by atoms with Gasteiger partial charge in [-0.25, -0.2) is 13.8 Å². The summed E-state index contributed by atoms with van der Waals surface area (Å²) in [7, 11) is 1.68. The molecule has 8 heteroatoms. The Morgan fingerprint density at radius 1 is 1.29 bits per heavy atom. The van der Waals surface area contributed by atoms with Crippen molar-refractivity contribution in [3.05, 3.63) is 47.2 Å². The number of hydrogen-bond donors (Lipinski definition) is 2. The molecule has 2 aromatic rings. The number of carbonyl (C=O) groups excluding carboxylic acids is 2. The van der Waals surface area contributed by atoms with Gasteiger partial charge in [0.1, 0.15) is 17.0 Å². The molecule has 6 nitrogen and oxygen atoms in total. The summed E-state index contributed by atoms with van der Waals surface area (Å²) >= 11 is 0. The topological polar surface area (TPSA) is 102 Å². The second-order valence-electron chi connectivity index (χ2n) is 6.87. The maximum Gasteiger partial charge on any atom is 0.269 e. The Balaban J connectivity index is 2.06. The number of anilines is 1. The van der Waals surface area contributed by atoms with Crippen LogP contribution in [0.5, 0.6) is 0 Å². The van der Waals surface area contributed by atoms with E-state index in [4.69, 9.17) is 11.5 Å². The van der Waals surface area contributed by atoms with Crippen molar-refractivity contribution >= 4 is 17.5 Å². The molecule has 28 heavy (non-hydrogen) atoms. The van der Waals surface area contributed by atoms with Crippen LogP contribution in [0.3, 0.4) is 0 Å². The van der Waals surface area contributed by atoms with E-state index in [1.165, 1.54) is 18.2 Å². The molecule has 2 amide bonds. The fourth-order valence-electron chi connectivity index (χ4n) is 3.00. The fraction of sp³-hybridized carbons (Fsp3) is 0.250. The van der Waals surface area contributed by atoms with Crippen LogP contribution in [0.15, 0.2) is 24.3 Å². The fourth-order valence-corrected chi connectivity index (χ4v) is 3.00. The van der Waals surface area contributed by atoms with Crippen molar-refractivity contribution in [3.8, 4) is 23.1 Å². The van der Waals surface area contributed by atoms with E-state index in [-0.39, 0.29) is 34.1 Å². The first-order valence-electron chi connectivity index (χ1n) is 8.47. The third-order valence-electron chi connectivity index (χ3n) is 4.73. The minimum atomic E-state index is -0.922. The molecule has 0 saturated carbocycles. The largest absolute Gasteiger partial charge is 0.397 e. The molecule has 2 heterocycles. The second kappa shape index (κ2) is 6.93. The van der Waals surface area contributed by atoms with Gasteiger partial charge in [-0.05, 0) is 31.5 Å². The Hall–Kier alpha value is -3.47. The number of likely N-dealkylation sites (tertiary alicyclic amines) is 1. The first kappa shape index (κ1) is 19.3. The number of nitrogens with two attached hydrogens (primary N) is 2. The summed E-state index contributed by atoms with van der Waals surface area (Å²) in [5, 5.41) is 0. The number of benzene rings is 1. The van der Waals surface area contributed by atoms with Crippen LogP contribution in [0.2, 0.25) is 0 Å². The highest BCUT2D eigenvalue weighted by Crippen LogP contribution is 2.30. The number of nitrogens with zero attached hydrogens (tertiary/aromatic N) is 2. The van der Waals surface area contributed by atoms with Crippen LogP contribution in [-0.4, -0.2) is 35.3 Å². The Morgan fingerprint density at radius 2 is 2.00 bits per heavy atom. The minimum absolute atomic E-state index is 0.0515. The molecule has 0 aliphatic carbocycles. The van der Waals surface area contributed by atoms with Crippen molar-refractivity contribution in [3.63, 3.8) is 0 Å². The predicted octanol–water partition coefficient (Wildman–Crippen LogP) is 1.93. The Bertz CT molecular complexity index is 1060. The number of amides is 2. The number of carbonyl (C=O) groups is 2. The van der Waals surface area contributed by atoms with Gasteiger partial charge in [0.2, 0.25) is 5.91 Å². The molecule has 1 aliphatic heterocycles. The zero-order valence-electron chi connectivity index (χ0n) is 15.3. The van der Waals surface area contributed by atoms with Crippen LogP contribution in [0.4, 0.5) is 14.5 Å². The summed E-state index contributed by atoms with van der Waals surface area (Å²) in [6.07, 6.45) is 0.520. The Kier molecular flexibility index (Phi) is 4.77. The molecule has 1 aromatic carbocycles. The molecule has 1 fully saturated rings. The van der Waals surface area contributed by atoms with Gasteiger partial charge in [-0.2, -0.15) is 0 Å². The number of aromatic nitrogens is 1. The van der Waals surface area contributed by atoms with Crippen molar-refractivity contribution in [1.29, 1.82) is 0 Å². The molecule has 1 aromatic heterocycles. The van der Waals surface area contributed by atoms with Crippen LogP contribution < -0.4 is 11.5 Å². The second-order valence-corrected chi connectivity index (χ2v) is 6.87. The van der Waals surface area contributed by atoms with Crippen LogP contribution in [0.25, 0.3) is 11.3 Å². The Labute approximate surface area is 160 Å². The lowest BCUT2D eigenvalue weighted by atomic mass is 9.89. The van der Waals surface area contributed by atoms with Gasteiger partial charge in [0, 0.05) is 25.2 Å². The maximum atomic E-state index is 14.3. The lowest BCUT2D eigenvalue weighted by molar-refractivity contribution is -0.131. The number of pyridine rings is 1. The van der Waals surface area contributed by atoms with E-state index in [0.29, 0.717) is 19.0 Å². The van der Waals surface area contributed by atoms with Gasteiger partial charge in [-0.3, -0.25) is 9.59 Å². The van der Waals surface area contributed by atoms with Crippen LogP contribution in [-0.2, 0) is 4.79 Å². The van der Waals surface area contributed by atoms with E-state index in [2.05, 4.69) is 16.8 Å². The van der Waals surface area contributed by atoms with E-state index in [0.717, 1.165) is 0 Å². The molecule has 4 N–H and O–H groups in total. The molecule has 0 unspecified atom stereocenters. The number of nitrogen functional groups attached to an aromatic ring is 1. The SMILES string of the molecule is CN1CC[C@@](C)(C#Cc2cc(-c3ccc(N)c(C(N)=O)n3)c(F)cc2F)C1=O. The quantitative estimate of drug-likeness (QED) is 0.773. The standard InChI is InChI=1S/C20H18F2N4O2/c1-20(7-8-26(2)19(20)28)6-5-11-9-12(14(22)10-13(11)21)16-4-3-15(23)17(25-16)18(24)27/h3-4,9-10H,7-8,23H2,1-2H3,(H2,24,27)/t20-/m1/s1. The predicted molar refractivity (Wildman–Crippen MR) is 99.8 cm³/mol. The minimum Gasteiger partial charge on any atom is -0.397 e. The molecule has 0 radical (unpaired) electrons. The monoisotopic (exact) mass is 384 g/mol. The summed E-state index contributed by atoms with van der Waals surface area (Å²) in [5.41, 5.74) is 9.70. The summed E-state index contributed by atoms with van der Waals surface area (Å²) in [6.45, 7) is 2.25. The number of halogens is 2. The normalized spacial score (nSPS) is 18.7. The highest BCUT2D eigenvalue weighted by Gasteiger charge is 2.39. The molecule has 3 rings (SSSR count). The van der Waals surface area contributed by atoms with Gasteiger partial charge in [-0.15, -0.1) is 0 Å². The highest BCUT2D eigenvalue weighted by molar-refractivity contribution is 5.96. The number of rotatable bonds is 2. The van der Waals surface area contributed by atoms with Crippen LogP contribution in [0.1, 0.15) is 29.4 Å². The first-order valence-corrected chi connectivity index (χ1v) is 8.47. The maximum absolute atomic E-state index is 14.3. The first-order chi connectivity index (χ1) is 13.1. The zero-order valence-corrected chi connectivity index (χ0v) is 15.3. The molecule has 1 aliphatic rings. The number of primary amides is 1. The number of hydrogen-bond acceptors (Lipinski definition) is 4. The van der Waals surface area contributed by atoms with Gasteiger partial charge in [-0.1, -0.05) is 11.8 Å². The van der Waals surface area contributed by atoms with Gasteiger partial charge in [0.05, 0.1) is 16.9 Å². The molecule has 0 bridgehead atoms. The van der Waals surface area contributed by atoms with E-state index in [1.54, 1.807) is 18.9 Å². The molecule has 1 saturated heterocycles. The third kappa shape index (κ3) is 3.39. The van der Waals surface area contributed by atoms with Crippen molar-refractivity contribution in [2.24, 2.45) is 11.1 Å². The summed E-state index contributed by atoms with van der Waals surface area (Å²) in [5.74, 6) is 2.72.